The van der Waals surface area contributed by atoms with Crippen molar-refractivity contribution in [1.82, 2.24) is 15.2 Å². The smallest absolute Gasteiger partial charge is 0.124 e. The summed E-state index contributed by atoms with van der Waals surface area (Å²) < 4.78 is 14.8. The average molecular weight is 283 g/mol. The fourth-order valence-electron chi connectivity index (χ4n) is 1.91. The van der Waals surface area contributed by atoms with E-state index in [1.54, 1.807) is 12.3 Å². The standard InChI is InChI=1S/C13H16ClFN4/c1-2-19-8-10(7-17-19)13(18-16)5-9-3-4-11(15)6-12(9)14/h3-4,6-8,13,18H,2,5,16H2,1H3. The Bertz CT molecular complexity index is 555. The molecule has 19 heavy (non-hydrogen) atoms. The van der Waals surface area contributed by atoms with Crippen molar-refractivity contribution in [2.45, 2.75) is 25.9 Å². The van der Waals surface area contributed by atoms with E-state index in [-0.39, 0.29) is 11.9 Å². The van der Waals surface area contributed by atoms with Gasteiger partial charge in [-0.05, 0) is 31.0 Å². The lowest BCUT2D eigenvalue weighted by Crippen LogP contribution is -2.29. The van der Waals surface area contributed by atoms with Gasteiger partial charge < -0.3 is 0 Å². The second kappa shape index (κ2) is 6.14. The van der Waals surface area contributed by atoms with E-state index >= 15 is 0 Å². The van der Waals surface area contributed by atoms with E-state index in [4.69, 9.17) is 17.4 Å². The number of hydrazine groups is 1. The molecule has 1 aromatic carbocycles. The molecule has 1 aromatic heterocycles. The van der Waals surface area contributed by atoms with Crippen molar-refractivity contribution < 1.29 is 4.39 Å². The van der Waals surface area contributed by atoms with Crippen LogP contribution in [0.1, 0.15) is 24.1 Å². The van der Waals surface area contributed by atoms with Crippen LogP contribution < -0.4 is 11.3 Å². The first-order chi connectivity index (χ1) is 9.13. The molecule has 0 saturated carbocycles. The van der Waals surface area contributed by atoms with Gasteiger partial charge >= 0.3 is 0 Å². The number of hydrogen-bond acceptors (Lipinski definition) is 3. The minimum atomic E-state index is -0.343. The van der Waals surface area contributed by atoms with Gasteiger partial charge in [0.25, 0.3) is 0 Å². The Morgan fingerprint density at radius 3 is 2.89 bits per heavy atom. The van der Waals surface area contributed by atoms with Crippen LogP contribution in [0.4, 0.5) is 4.39 Å². The molecule has 1 unspecified atom stereocenters. The minimum Gasteiger partial charge on any atom is -0.273 e. The highest BCUT2D eigenvalue weighted by Gasteiger charge is 2.14. The summed E-state index contributed by atoms with van der Waals surface area (Å²) in [6, 6.07) is 4.26. The molecule has 0 bridgehead atoms. The second-order valence-corrected chi connectivity index (χ2v) is 4.70. The summed E-state index contributed by atoms with van der Waals surface area (Å²) >= 11 is 6.02. The van der Waals surface area contributed by atoms with Crippen LogP contribution in [-0.2, 0) is 13.0 Å². The maximum atomic E-state index is 13.0. The summed E-state index contributed by atoms with van der Waals surface area (Å²) in [6.45, 7) is 2.81. The molecule has 0 radical (unpaired) electrons. The molecule has 102 valence electrons. The summed E-state index contributed by atoms with van der Waals surface area (Å²) in [6.07, 6.45) is 4.28. The van der Waals surface area contributed by atoms with E-state index in [2.05, 4.69) is 10.5 Å². The Labute approximate surface area is 116 Å². The summed E-state index contributed by atoms with van der Waals surface area (Å²) in [7, 11) is 0. The van der Waals surface area contributed by atoms with Gasteiger partial charge in [0.2, 0.25) is 0 Å². The highest BCUT2D eigenvalue weighted by atomic mass is 35.5. The van der Waals surface area contributed by atoms with E-state index in [0.717, 1.165) is 17.7 Å². The first-order valence-corrected chi connectivity index (χ1v) is 6.44. The van der Waals surface area contributed by atoms with Crippen LogP contribution >= 0.6 is 11.6 Å². The highest BCUT2D eigenvalue weighted by Crippen LogP contribution is 2.23. The Kier molecular flexibility index (Phi) is 4.52. The lowest BCUT2D eigenvalue weighted by Gasteiger charge is -2.15. The summed E-state index contributed by atoms with van der Waals surface area (Å²) in [5.74, 6) is 5.24. The lowest BCUT2D eigenvalue weighted by molar-refractivity contribution is 0.549. The minimum absolute atomic E-state index is 0.108. The van der Waals surface area contributed by atoms with Crippen molar-refractivity contribution in [3.8, 4) is 0 Å². The number of aryl methyl sites for hydroxylation is 1. The number of nitrogens with zero attached hydrogens (tertiary/aromatic N) is 2. The monoisotopic (exact) mass is 282 g/mol. The molecular formula is C13H16ClFN4. The van der Waals surface area contributed by atoms with Gasteiger partial charge in [0.15, 0.2) is 0 Å². The summed E-state index contributed by atoms with van der Waals surface area (Å²) in [4.78, 5) is 0. The summed E-state index contributed by atoms with van der Waals surface area (Å²) in [5.41, 5.74) is 4.56. The van der Waals surface area contributed by atoms with Crippen LogP contribution in [-0.4, -0.2) is 9.78 Å². The Hall–Kier alpha value is -1.43. The number of benzene rings is 1. The molecule has 0 aliphatic carbocycles. The lowest BCUT2D eigenvalue weighted by atomic mass is 10.0. The van der Waals surface area contributed by atoms with E-state index in [0.29, 0.717) is 11.4 Å². The quantitative estimate of drug-likeness (QED) is 0.654. The van der Waals surface area contributed by atoms with Gasteiger partial charge in [-0.3, -0.25) is 16.0 Å². The van der Waals surface area contributed by atoms with E-state index in [1.165, 1.54) is 12.1 Å². The number of rotatable bonds is 5. The van der Waals surface area contributed by atoms with E-state index in [1.807, 2.05) is 17.8 Å². The fraction of sp³-hybridized carbons (Fsp3) is 0.308. The third kappa shape index (κ3) is 3.32. The molecule has 0 fully saturated rings. The van der Waals surface area contributed by atoms with Crippen LogP contribution in [0.3, 0.4) is 0 Å². The predicted molar refractivity (Wildman–Crippen MR) is 73.1 cm³/mol. The van der Waals surface area contributed by atoms with Gasteiger partial charge in [-0.15, -0.1) is 0 Å². The van der Waals surface area contributed by atoms with E-state index in [9.17, 15) is 4.39 Å². The molecule has 2 aromatic rings. The number of nitrogens with one attached hydrogen (secondary N) is 1. The maximum absolute atomic E-state index is 13.0. The first-order valence-electron chi connectivity index (χ1n) is 6.06. The van der Waals surface area contributed by atoms with Crippen molar-refractivity contribution in [3.05, 3.63) is 52.6 Å². The van der Waals surface area contributed by atoms with Gasteiger partial charge in [0.05, 0.1) is 12.2 Å². The molecule has 0 saturated heterocycles. The second-order valence-electron chi connectivity index (χ2n) is 4.29. The molecule has 0 aliphatic heterocycles. The molecule has 0 amide bonds. The number of halogens is 2. The van der Waals surface area contributed by atoms with Crippen molar-refractivity contribution in [2.75, 3.05) is 0 Å². The molecule has 0 aliphatic rings. The topological polar surface area (TPSA) is 55.9 Å². The van der Waals surface area contributed by atoms with E-state index < -0.39 is 0 Å². The van der Waals surface area contributed by atoms with Crippen molar-refractivity contribution in [3.63, 3.8) is 0 Å². The van der Waals surface area contributed by atoms with Crippen molar-refractivity contribution >= 4 is 11.6 Å². The summed E-state index contributed by atoms with van der Waals surface area (Å²) in [5, 5.41) is 4.62. The highest BCUT2D eigenvalue weighted by molar-refractivity contribution is 6.31. The number of aromatic nitrogens is 2. The molecule has 2 rings (SSSR count). The zero-order valence-electron chi connectivity index (χ0n) is 10.6. The molecule has 6 heteroatoms. The Morgan fingerprint density at radius 1 is 1.53 bits per heavy atom. The maximum Gasteiger partial charge on any atom is 0.124 e. The normalized spacial score (nSPS) is 12.6. The van der Waals surface area contributed by atoms with Crippen LogP contribution in [0.15, 0.2) is 30.6 Å². The van der Waals surface area contributed by atoms with Crippen molar-refractivity contribution in [1.29, 1.82) is 0 Å². The molecule has 1 atom stereocenters. The number of hydrogen-bond donors (Lipinski definition) is 2. The zero-order valence-corrected chi connectivity index (χ0v) is 11.4. The molecular weight excluding hydrogens is 267 g/mol. The van der Waals surface area contributed by atoms with Gasteiger partial charge in [-0.1, -0.05) is 17.7 Å². The fourth-order valence-corrected chi connectivity index (χ4v) is 2.16. The van der Waals surface area contributed by atoms with Gasteiger partial charge in [-0.2, -0.15) is 5.10 Å². The van der Waals surface area contributed by atoms with Gasteiger partial charge in [-0.25, -0.2) is 4.39 Å². The molecule has 1 heterocycles. The SMILES string of the molecule is CCn1cc(C(Cc2ccc(F)cc2Cl)NN)cn1. The zero-order chi connectivity index (χ0) is 13.8. The molecule has 0 spiro atoms. The van der Waals surface area contributed by atoms with Crippen LogP contribution in [0.2, 0.25) is 5.02 Å². The molecule has 4 nitrogen and oxygen atoms in total. The van der Waals surface area contributed by atoms with Gasteiger partial charge in [0, 0.05) is 23.3 Å². The third-order valence-electron chi connectivity index (χ3n) is 3.02. The van der Waals surface area contributed by atoms with Gasteiger partial charge in [0.1, 0.15) is 5.82 Å². The predicted octanol–water partition coefficient (Wildman–Crippen LogP) is 2.44. The number of nitrogens with two attached hydrogens (primary N) is 1. The average Bonchev–Trinajstić information content (AvgIpc) is 2.86. The largest absolute Gasteiger partial charge is 0.273 e. The molecule has 3 N–H and O–H groups in total. The van der Waals surface area contributed by atoms with Crippen LogP contribution in [0.25, 0.3) is 0 Å². The third-order valence-corrected chi connectivity index (χ3v) is 3.37. The van der Waals surface area contributed by atoms with Crippen molar-refractivity contribution in [2.24, 2.45) is 5.84 Å². The Balaban J connectivity index is 2.18. The van der Waals surface area contributed by atoms with Crippen LogP contribution in [0, 0.1) is 5.82 Å². The first kappa shape index (κ1) is 14.0. The Morgan fingerprint density at radius 2 is 2.32 bits per heavy atom. The van der Waals surface area contributed by atoms with Crippen LogP contribution in [0.5, 0.6) is 0 Å².